The van der Waals surface area contributed by atoms with Crippen molar-refractivity contribution >= 4 is 11.7 Å². The fraction of sp³-hybridized carbons (Fsp3) is 0.0714. The summed E-state index contributed by atoms with van der Waals surface area (Å²) < 4.78 is 0. The SMILES string of the molecule is O=C(O)c1ccc([N+](=O)[O-])cc1-c1ccccc1CO. The highest BCUT2D eigenvalue weighted by Gasteiger charge is 2.18. The Balaban J connectivity index is 2.72. The molecule has 0 unspecified atom stereocenters. The number of benzene rings is 2. The monoisotopic (exact) mass is 273 g/mol. The van der Waals surface area contributed by atoms with Gasteiger partial charge in [-0.15, -0.1) is 0 Å². The van der Waals surface area contributed by atoms with Gasteiger partial charge < -0.3 is 10.2 Å². The Hall–Kier alpha value is -2.73. The zero-order valence-corrected chi connectivity index (χ0v) is 10.3. The second kappa shape index (κ2) is 5.50. The molecule has 2 N–H and O–H groups in total. The average Bonchev–Trinajstić information content (AvgIpc) is 2.46. The molecule has 6 heteroatoms. The predicted molar refractivity (Wildman–Crippen MR) is 71.4 cm³/mol. The van der Waals surface area contributed by atoms with Crippen molar-refractivity contribution in [2.75, 3.05) is 0 Å². The first-order valence-electron chi connectivity index (χ1n) is 5.75. The molecule has 0 heterocycles. The van der Waals surface area contributed by atoms with E-state index in [1.54, 1.807) is 24.3 Å². The molecular weight excluding hydrogens is 262 g/mol. The first kappa shape index (κ1) is 13.7. The summed E-state index contributed by atoms with van der Waals surface area (Å²) in [4.78, 5) is 21.5. The van der Waals surface area contributed by atoms with Crippen LogP contribution in [0, 0.1) is 10.1 Å². The van der Waals surface area contributed by atoms with Gasteiger partial charge in [-0.25, -0.2) is 4.79 Å². The van der Waals surface area contributed by atoms with Gasteiger partial charge in [0.25, 0.3) is 5.69 Å². The lowest BCUT2D eigenvalue weighted by atomic mass is 9.95. The number of rotatable bonds is 4. The van der Waals surface area contributed by atoms with Crippen LogP contribution >= 0.6 is 0 Å². The van der Waals surface area contributed by atoms with Crippen molar-refractivity contribution in [3.63, 3.8) is 0 Å². The molecule has 2 rings (SSSR count). The van der Waals surface area contributed by atoms with Gasteiger partial charge in [0.1, 0.15) is 0 Å². The molecule has 6 nitrogen and oxygen atoms in total. The van der Waals surface area contributed by atoms with E-state index in [1.807, 2.05) is 0 Å². The van der Waals surface area contributed by atoms with Crippen molar-refractivity contribution in [2.24, 2.45) is 0 Å². The molecule has 0 radical (unpaired) electrons. The third kappa shape index (κ3) is 2.50. The largest absolute Gasteiger partial charge is 0.478 e. The van der Waals surface area contributed by atoms with Crippen LogP contribution in [0.1, 0.15) is 15.9 Å². The molecule has 0 bridgehead atoms. The minimum atomic E-state index is -1.18. The fourth-order valence-electron chi connectivity index (χ4n) is 1.98. The molecular formula is C14H11NO5. The zero-order chi connectivity index (χ0) is 14.7. The summed E-state index contributed by atoms with van der Waals surface area (Å²) in [5.74, 6) is -1.18. The van der Waals surface area contributed by atoms with Crippen LogP contribution in [0.25, 0.3) is 11.1 Å². The molecule has 0 saturated carbocycles. The topological polar surface area (TPSA) is 101 Å². The number of nitro benzene ring substituents is 1. The van der Waals surface area contributed by atoms with Gasteiger partial charge in [-0.3, -0.25) is 10.1 Å². The van der Waals surface area contributed by atoms with Crippen LogP contribution < -0.4 is 0 Å². The fourth-order valence-corrected chi connectivity index (χ4v) is 1.98. The maximum atomic E-state index is 11.2. The number of hydrogen-bond donors (Lipinski definition) is 2. The van der Waals surface area contributed by atoms with Gasteiger partial charge in [-0.05, 0) is 17.2 Å². The van der Waals surface area contributed by atoms with E-state index in [0.29, 0.717) is 11.1 Å². The summed E-state index contributed by atoms with van der Waals surface area (Å²) in [5.41, 5.74) is 0.956. The summed E-state index contributed by atoms with van der Waals surface area (Å²) in [7, 11) is 0. The molecule has 0 aliphatic carbocycles. The number of nitro groups is 1. The average molecular weight is 273 g/mol. The van der Waals surface area contributed by atoms with Crippen molar-refractivity contribution in [1.29, 1.82) is 0 Å². The van der Waals surface area contributed by atoms with Crippen LogP contribution in [0.3, 0.4) is 0 Å². The Labute approximate surface area is 114 Å². The molecule has 20 heavy (non-hydrogen) atoms. The number of nitrogens with zero attached hydrogens (tertiary/aromatic N) is 1. The molecule has 0 atom stereocenters. The number of hydrogen-bond acceptors (Lipinski definition) is 4. The van der Waals surface area contributed by atoms with Gasteiger partial charge in [-0.2, -0.15) is 0 Å². The van der Waals surface area contributed by atoms with Crippen LogP contribution in [0.5, 0.6) is 0 Å². The standard InChI is InChI=1S/C14H11NO5/c16-8-9-3-1-2-4-11(9)13-7-10(15(19)20)5-6-12(13)14(17)18/h1-7,16H,8H2,(H,17,18). The predicted octanol–water partition coefficient (Wildman–Crippen LogP) is 2.45. The van der Waals surface area contributed by atoms with Gasteiger partial charge in [0.2, 0.25) is 0 Å². The molecule has 0 amide bonds. The van der Waals surface area contributed by atoms with Gasteiger partial charge in [0, 0.05) is 17.7 Å². The van der Waals surface area contributed by atoms with Crippen molar-refractivity contribution in [3.05, 3.63) is 63.7 Å². The second-order valence-electron chi connectivity index (χ2n) is 4.11. The number of carboxylic acid groups (broad SMARTS) is 1. The maximum absolute atomic E-state index is 11.2. The van der Waals surface area contributed by atoms with E-state index in [2.05, 4.69) is 0 Å². The number of non-ortho nitro benzene ring substituents is 1. The van der Waals surface area contributed by atoms with Crippen molar-refractivity contribution < 1.29 is 19.9 Å². The summed E-state index contributed by atoms with van der Waals surface area (Å²) in [6, 6.07) is 10.2. The minimum absolute atomic E-state index is 0.0449. The third-order valence-electron chi connectivity index (χ3n) is 2.92. The van der Waals surface area contributed by atoms with Crippen molar-refractivity contribution in [2.45, 2.75) is 6.61 Å². The first-order valence-corrected chi connectivity index (χ1v) is 5.75. The van der Waals surface area contributed by atoms with E-state index >= 15 is 0 Å². The van der Waals surface area contributed by atoms with Gasteiger partial charge in [-0.1, -0.05) is 24.3 Å². The molecule has 102 valence electrons. The summed E-state index contributed by atoms with van der Waals surface area (Å²) in [6.45, 7) is -0.280. The zero-order valence-electron chi connectivity index (χ0n) is 10.3. The molecule has 0 aliphatic heterocycles. The molecule has 0 fully saturated rings. The highest BCUT2D eigenvalue weighted by Crippen LogP contribution is 2.30. The summed E-state index contributed by atoms with van der Waals surface area (Å²) >= 11 is 0. The first-order chi connectivity index (χ1) is 9.54. The lowest BCUT2D eigenvalue weighted by Crippen LogP contribution is -2.02. The lowest BCUT2D eigenvalue weighted by Gasteiger charge is -2.10. The molecule has 0 saturated heterocycles. The minimum Gasteiger partial charge on any atom is -0.478 e. The highest BCUT2D eigenvalue weighted by atomic mass is 16.6. The van der Waals surface area contributed by atoms with E-state index < -0.39 is 10.9 Å². The van der Waals surface area contributed by atoms with Crippen LogP contribution in [0.15, 0.2) is 42.5 Å². The van der Waals surface area contributed by atoms with E-state index in [4.69, 9.17) is 0 Å². The number of carbonyl (C=O) groups is 1. The van der Waals surface area contributed by atoms with E-state index in [-0.39, 0.29) is 23.4 Å². The van der Waals surface area contributed by atoms with E-state index in [1.165, 1.54) is 12.1 Å². The number of carboxylic acids is 1. The quantitative estimate of drug-likeness (QED) is 0.658. The lowest BCUT2D eigenvalue weighted by molar-refractivity contribution is -0.384. The maximum Gasteiger partial charge on any atom is 0.336 e. The third-order valence-corrected chi connectivity index (χ3v) is 2.92. The Bertz CT molecular complexity index is 681. The number of aromatic carboxylic acids is 1. The Morgan fingerprint density at radius 1 is 1.15 bits per heavy atom. The van der Waals surface area contributed by atoms with Crippen LogP contribution in [-0.2, 0) is 6.61 Å². The smallest absolute Gasteiger partial charge is 0.336 e. The normalized spacial score (nSPS) is 10.2. The summed E-state index contributed by atoms with van der Waals surface area (Å²) in [6.07, 6.45) is 0. The van der Waals surface area contributed by atoms with Crippen LogP contribution in [-0.4, -0.2) is 21.1 Å². The van der Waals surface area contributed by atoms with Crippen LogP contribution in [0.4, 0.5) is 5.69 Å². The Kier molecular flexibility index (Phi) is 3.76. The van der Waals surface area contributed by atoms with E-state index in [9.17, 15) is 25.1 Å². The van der Waals surface area contributed by atoms with Gasteiger partial charge in [0.05, 0.1) is 17.1 Å². The van der Waals surface area contributed by atoms with Crippen LogP contribution in [0.2, 0.25) is 0 Å². The second-order valence-corrected chi connectivity index (χ2v) is 4.11. The molecule has 0 aromatic heterocycles. The van der Waals surface area contributed by atoms with Crippen molar-refractivity contribution in [3.8, 4) is 11.1 Å². The summed E-state index contributed by atoms with van der Waals surface area (Å²) in [5, 5.41) is 29.3. The molecule has 0 aliphatic rings. The van der Waals surface area contributed by atoms with Gasteiger partial charge in [0.15, 0.2) is 0 Å². The molecule has 2 aromatic rings. The molecule has 2 aromatic carbocycles. The van der Waals surface area contributed by atoms with Crippen molar-refractivity contribution in [1.82, 2.24) is 0 Å². The Morgan fingerprint density at radius 2 is 1.85 bits per heavy atom. The highest BCUT2D eigenvalue weighted by molar-refractivity contribution is 5.97. The Morgan fingerprint density at radius 3 is 2.45 bits per heavy atom. The van der Waals surface area contributed by atoms with Gasteiger partial charge >= 0.3 is 5.97 Å². The van der Waals surface area contributed by atoms with E-state index in [0.717, 1.165) is 6.07 Å². The number of aliphatic hydroxyl groups is 1. The number of aliphatic hydroxyl groups excluding tert-OH is 1. The molecule has 0 spiro atoms.